The van der Waals surface area contributed by atoms with Crippen LogP contribution in [0.25, 0.3) is 10.9 Å². The lowest BCUT2D eigenvalue weighted by atomic mass is 10.3. The van der Waals surface area contributed by atoms with Crippen molar-refractivity contribution in [2.24, 2.45) is 0 Å². The van der Waals surface area contributed by atoms with E-state index in [0.717, 1.165) is 6.20 Å². The Hall–Kier alpha value is -2.73. The highest BCUT2D eigenvalue weighted by Gasteiger charge is 2.23. The van der Waals surface area contributed by atoms with Crippen LogP contribution in [0.1, 0.15) is 0 Å². The fourth-order valence-electron chi connectivity index (χ4n) is 2.14. The van der Waals surface area contributed by atoms with Crippen molar-refractivity contribution in [3.63, 3.8) is 0 Å². The van der Waals surface area contributed by atoms with Gasteiger partial charge in [-0.1, -0.05) is 11.6 Å². The van der Waals surface area contributed by atoms with Gasteiger partial charge >= 0.3 is 6.01 Å². The summed E-state index contributed by atoms with van der Waals surface area (Å²) in [6, 6.07) is 4.16. The van der Waals surface area contributed by atoms with Crippen LogP contribution in [0.2, 0.25) is 5.02 Å². The molecule has 3 aromatic rings. The highest BCUT2D eigenvalue weighted by Crippen LogP contribution is 2.28. The molecule has 3 rings (SSSR count). The number of anilines is 1. The number of H-pyrrole nitrogens is 1. The molecule has 2 heterocycles. The van der Waals surface area contributed by atoms with E-state index < -0.39 is 23.1 Å². The molecular formula is C14H12ClF2N5O4S. The average Bonchev–Trinajstić information content (AvgIpc) is 3.04. The molecule has 0 aliphatic heterocycles. The Morgan fingerprint density at radius 2 is 2.15 bits per heavy atom. The molecular weight excluding hydrogens is 408 g/mol. The lowest BCUT2D eigenvalue weighted by Gasteiger charge is -2.11. The molecule has 0 aliphatic carbocycles. The van der Waals surface area contributed by atoms with Crippen LogP contribution in [0, 0.1) is 0 Å². The van der Waals surface area contributed by atoms with Crippen molar-refractivity contribution >= 4 is 38.2 Å². The fraction of sp³-hybridized carbons (Fsp3) is 0.214. The Labute approximate surface area is 156 Å². The lowest BCUT2D eigenvalue weighted by molar-refractivity contribution is 0.0766. The fourth-order valence-corrected chi connectivity index (χ4v) is 3.47. The molecule has 0 fully saturated rings. The van der Waals surface area contributed by atoms with E-state index in [4.69, 9.17) is 16.3 Å². The molecule has 0 radical (unpaired) electrons. The van der Waals surface area contributed by atoms with E-state index in [2.05, 4.69) is 29.6 Å². The number of rotatable bonds is 7. The van der Waals surface area contributed by atoms with E-state index in [1.165, 1.54) is 25.3 Å². The van der Waals surface area contributed by atoms with Gasteiger partial charge in [0.25, 0.3) is 16.4 Å². The predicted octanol–water partition coefficient (Wildman–Crippen LogP) is 2.46. The van der Waals surface area contributed by atoms with Crippen LogP contribution in [0.3, 0.4) is 0 Å². The number of nitrogens with zero attached hydrogens (tertiary/aromatic N) is 3. The van der Waals surface area contributed by atoms with Gasteiger partial charge in [-0.25, -0.2) is 13.8 Å². The van der Waals surface area contributed by atoms with Crippen LogP contribution >= 0.6 is 11.6 Å². The van der Waals surface area contributed by atoms with Gasteiger partial charge < -0.3 is 9.47 Å². The number of methoxy groups -OCH3 is 1. The molecule has 13 heteroatoms. The van der Waals surface area contributed by atoms with Gasteiger partial charge in [0.1, 0.15) is 5.69 Å². The van der Waals surface area contributed by atoms with Gasteiger partial charge in [0, 0.05) is 10.4 Å². The Morgan fingerprint density at radius 1 is 1.37 bits per heavy atom. The first kappa shape index (κ1) is 19.0. The summed E-state index contributed by atoms with van der Waals surface area (Å²) in [6.45, 7) is -0.906. The normalized spacial score (nSPS) is 11.7. The minimum absolute atomic E-state index is 0.112. The Balaban J connectivity index is 1.90. The topological polar surface area (TPSA) is 119 Å². The quantitative estimate of drug-likeness (QED) is 0.603. The minimum Gasteiger partial charge on any atom is -0.479 e. The molecule has 0 saturated carbocycles. The summed E-state index contributed by atoms with van der Waals surface area (Å²) < 4.78 is 61.6. The molecule has 0 aliphatic rings. The number of halogens is 3. The summed E-state index contributed by atoms with van der Waals surface area (Å²) in [5.74, 6) is -0.204. The van der Waals surface area contributed by atoms with Crippen molar-refractivity contribution < 1.29 is 26.7 Å². The molecule has 0 unspecified atom stereocenters. The van der Waals surface area contributed by atoms with E-state index in [0.29, 0.717) is 15.9 Å². The first-order chi connectivity index (χ1) is 12.8. The van der Waals surface area contributed by atoms with Crippen molar-refractivity contribution in [1.29, 1.82) is 0 Å². The Morgan fingerprint density at radius 3 is 2.85 bits per heavy atom. The van der Waals surface area contributed by atoms with E-state index in [1.54, 1.807) is 0 Å². The summed E-state index contributed by atoms with van der Waals surface area (Å²) >= 11 is 5.86. The highest BCUT2D eigenvalue weighted by atomic mass is 35.5. The maximum atomic E-state index is 12.7. The molecule has 0 amide bonds. The molecule has 9 nitrogen and oxygen atoms in total. The van der Waals surface area contributed by atoms with Gasteiger partial charge in [-0.15, -0.1) is 0 Å². The smallest absolute Gasteiger partial charge is 0.320 e. The first-order valence-electron chi connectivity index (χ1n) is 7.28. The van der Waals surface area contributed by atoms with Crippen LogP contribution in [0.5, 0.6) is 11.9 Å². The number of aromatic amines is 1. The molecule has 2 aromatic heterocycles. The van der Waals surface area contributed by atoms with E-state index in [9.17, 15) is 17.2 Å². The van der Waals surface area contributed by atoms with Gasteiger partial charge in [0.2, 0.25) is 5.88 Å². The second-order valence-corrected chi connectivity index (χ2v) is 7.15. The van der Waals surface area contributed by atoms with E-state index in [1.807, 2.05) is 0 Å². The number of fused-ring (bicyclic) bond motifs is 1. The number of alkyl halides is 2. The van der Waals surface area contributed by atoms with Crippen LogP contribution in [0.15, 0.2) is 29.4 Å². The number of benzene rings is 1. The van der Waals surface area contributed by atoms with E-state index >= 15 is 0 Å². The highest BCUT2D eigenvalue weighted by molar-refractivity contribution is 7.92. The van der Waals surface area contributed by atoms with Gasteiger partial charge in [-0.05, 0) is 18.2 Å². The van der Waals surface area contributed by atoms with E-state index in [-0.39, 0.29) is 22.6 Å². The monoisotopic (exact) mass is 419 g/mol. The maximum absolute atomic E-state index is 12.7. The zero-order valence-electron chi connectivity index (χ0n) is 13.6. The largest absolute Gasteiger partial charge is 0.479 e. The van der Waals surface area contributed by atoms with Gasteiger partial charge in [-0.2, -0.15) is 18.5 Å². The van der Waals surface area contributed by atoms with Crippen molar-refractivity contribution in [1.82, 2.24) is 20.2 Å². The molecule has 1 aromatic carbocycles. The summed E-state index contributed by atoms with van der Waals surface area (Å²) in [4.78, 5) is 7.43. The third-order valence-corrected chi connectivity index (χ3v) is 4.83. The van der Waals surface area contributed by atoms with Gasteiger partial charge in [0.05, 0.1) is 18.8 Å². The summed E-state index contributed by atoms with van der Waals surface area (Å²) in [6.07, 6.45) is -1.67. The predicted molar refractivity (Wildman–Crippen MR) is 92.0 cm³/mol. The summed E-state index contributed by atoms with van der Waals surface area (Å²) in [5.41, 5.74) is 0.250. The van der Waals surface area contributed by atoms with Crippen LogP contribution in [-0.2, 0) is 10.0 Å². The summed E-state index contributed by atoms with van der Waals surface area (Å²) in [7, 11) is -2.89. The Bertz CT molecular complexity index is 1080. The molecule has 2 N–H and O–H groups in total. The molecule has 0 bridgehead atoms. The average molecular weight is 420 g/mol. The van der Waals surface area contributed by atoms with Crippen LogP contribution in [-0.4, -0.2) is 48.7 Å². The van der Waals surface area contributed by atoms with Crippen LogP contribution in [0.4, 0.5) is 14.5 Å². The number of nitrogens with one attached hydrogen (secondary N) is 2. The zero-order valence-corrected chi connectivity index (χ0v) is 15.2. The molecule has 0 atom stereocenters. The minimum atomic E-state index is -4.11. The zero-order chi connectivity index (χ0) is 19.6. The molecule has 144 valence electrons. The number of hydrogen-bond donors (Lipinski definition) is 2. The standard InChI is InChI=1S/C14H12ClF2N5O4S/c1-25-12-10(5-18-14(19-12)26-6-11(16)17)22-27(23,24)13-8-3-2-7(15)4-9(8)20-21-13/h2-5,11,22H,6H2,1H3,(H,20,21). The number of aromatic nitrogens is 4. The van der Waals surface area contributed by atoms with Crippen molar-refractivity contribution in [3.8, 4) is 11.9 Å². The van der Waals surface area contributed by atoms with Crippen molar-refractivity contribution in [2.75, 3.05) is 18.4 Å². The Kier molecular flexibility index (Phi) is 5.28. The molecule has 27 heavy (non-hydrogen) atoms. The third-order valence-electron chi connectivity index (χ3n) is 3.26. The lowest BCUT2D eigenvalue weighted by Crippen LogP contribution is -2.16. The second-order valence-electron chi connectivity index (χ2n) is 5.10. The van der Waals surface area contributed by atoms with Crippen molar-refractivity contribution in [3.05, 3.63) is 29.4 Å². The third kappa shape index (κ3) is 4.17. The number of hydrogen-bond acceptors (Lipinski definition) is 7. The SMILES string of the molecule is COc1nc(OCC(F)F)ncc1NS(=O)(=O)c1[nH]nc2cc(Cl)ccc12. The van der Waals surface area contributed by atoms with Gasteiger partial charge in [-0.3, -0.25) is 9.82 Å². The molecule has 0 spiro atoms. The number of ether oxygens (including phenoxy) is 2. The first-order valence-corrected chi connectivity index (χ1v) is 9.14. The van der Waals surface area contributed by atoms with Crippen molar-refractivity contribution in [2.45, 2.75) is 11.5 Å². The number of sulfonamides is 1. The molecule has 0 saturated heterocycles. The van der Waals surface area contributed by atoms with Crippen LogP contribution < -0.4 is 14.2 Å². The van der Waals surface area contributed by atoms with Gasteiger partial charge in [0.15, 0.2) is 11.6 Å². The maximum Gasteiger partial charge on any atom is 0.320 e. The second kappa shape index (κ2) is 7.48. The summed E-state index contributed by atoms with van der Waals surface area (Å²) in [5, 5.41) is 6.86.